The zero-order chi connectivity index (χ0) is 13.8. The summed E-state index contributed by atoms with van der Waals surface area (Å²) in [4.78, 5) is 18.0. The van der Waals surface area contributed by atoms with Crippen molar-refractivity contribution in [3.63, 3.8) is 0 Å². The van der Waals surface area contributed by atoms with Crippen LogP contribution in [0, 0.1) is 6.92 Å². The molecule has 0 fully saturated rings. The van der Waals surface area contributed by atoms with Crippen molar-refractivity contribution in [2.45, 2.75) is 6.92 Å². The van der Waals surface area contributed by atoms with E-state index in [1.807, 2.05) is 44.3 Å². The van der Waals surface area contributed by atoms with E-state index in [2.05, 4.69) is 10.3 Å². The van der Waals surface area contributed by atoms with Crippen molar-refractivity contribution in [2.24, 2.45) is 0 Å². The summed E-state index contributed by atoms with van der Waals surface area (Å²) in [5.41, 5.74) is 3.59. The van der Waals surface area contributed by atoms with Gasteiger partial charge in [-0.3, -0.25) is 9.78 Å². The summed E-state index contributed by atoms with van der Waals surface area (Å²) < 4.78 is 0. The zero-order valence-corrected chi connectivity index (χ0v) is 11.3. The van der Waals surface area contributed by atoms with Gasteiger partial charge in [0.25, 0.3) is 5.91 Å². The van der Waals surface area contributed by atoms with Crippen LogP contribution in [0.3, 0.4) is 0 Å². The van der Waals surface area contributed by atoms with Gasteiger partial charge in [-0.2, -0.15) is 0 Å². The summed E-state index contributed by atoms with van der Waals surface area (Å²) in [6.45, 7) is 1.98. The van der Waals surface area contributed by atoms with Crippen LogP contribution in [0.1, 0.15) is 15.9 Å². The van der Waals surface area contributed by atoms with Crippen LogP contribution in [0.25, 0.3) is 0 Å². The lowest BCUT2D eigenvalue weighted by Gasteiger charge is -2.17. The lowest BCUT2D eigenvalue weighted by atomic mass is 10.1. The van der Waals surface area contributed by atoms with Crippen molar-refractivity contribution >= 4 is 17.3 Å². The van der Waals surface area contributed by atoms with Gasteiger partial charge in [-0.15, -0.1) is 0 Å². The predicted octanol–water partition coefficient (Wildman–Crippen LogP) is 2.71. The summed E-state index contributed by atoms with van der Waals surface area (Å²) in [7, 11) is 3.63. The molecule has 0 saturated heterocycles. The Bertz CT molecular complexity index is 581. The normalized spacial score (nSPS) is 10.1. The van der Waals surface area contributed by atoms with Crippen LogP contribution in [-0.4, -0.2) is 25.0 Å². The van der Waals surface area contributed by atoms with Gasteiger partial charge in [0.05, 0.1) is 0 Å². The molecule has 1 amide bonds. The van der Waals surface area contributed by atoms with Crippen LogP contribution in [0.4, 0.5) is 11.4 Å². The Morgan fingerprint density at radius 2 is 1.89 bits per heavy atom. The number of carbonyl (C=O) groups excluding carboxylic acids is 1. The Morgan fingerprint density at radius 3 is 2.47 bits per heavy atom. The van der Waals surface area contributed by atoms with Gasteiger partial charge in [-0.25, -0.2) is 0 Å². The molecule has 0 bridgehead atoms. The van der Waals surface area contributed by atoms with E-state index in [4.69, 9.17) is 0 Å². The van der Waals surface area contributed by atoms with Crippen molar-refractivity contribution in [1.29, 1.82) is 0 Å². The first kappa shape index (κ1) is 13.1. The van der Waals surface area contributed by atoms with E-state index in [0.29, 0.717) is 5.56 Å². The fourth-order valence-electron chi connectivity index (χ4n) is 1.96. The topological polar surface area (TPSA) is 45.2 Å². The highest BCUT2D eigenvalue weighted by Gasteiger charge is 2.14. The fraction of sp³-hybridized carbons (Fsp3) is 0.200. The maximum Gasteiger partial charge on any atom is 0.258 e. The van der Waals surface area contributed by atoms with Gasteiger partial charge in [0.15, 0.2) is 0 Å². The maximum absolute atomic E-state index is 12.4. The summed E-state index contributed by atoms with van der Waals surface area (Å²) >= 11 is 0. The summed E-state index contributed by atoms with van der Waals surface area (Å²) in [5, 5.41) is 3.09. The predicted molar refractivity (Wildman–Crippen MR) is 77.7 cm³/mol. The number of rotatable bonds is 3. The molecule has 0 atom stereocenters. The van der Waals surface area contributed by atoms with Crippen LogP contribution in [0.2, 0.25) is 0 Å². The molecular formula is C15H17N3O. The van der Waals surface area contributed by atoms with E-state index in [9.17, 15) is 4.79 Å². The molecule has 1 N–H and O–H groups in total. The summed E-state index contributed by atoms with van der Waals surface area (Å²) in [6, 6.07) is 9.27. The van der Waals surface area contributed by atoms with Crippen LogP contribution < -0.4 is 10.2 Å². The lowest BCUT2D eigenvalue weighted by molar-refractivity contribution is 0.0993. The number of aryl methyl sites for hydroxylation is 1. The Balaban J connectivity index is 2.27. The number of hydrogen-bond donors (Lipinski definition) is 1. The molecule has 0 aliphatic rings. The van der Waals surface area contributed by atoms with Gasteiger partial charge in [-0.05, 0) is 42.8 Å². The molecule has 2 rings (SSSR count). The monoisotopic (exact) mass is 255 g/mol. The van der Waals surface area contributed by atoms with E-state index >= 15 is 0 Å². The minimum atomic E-state index is -0.0306. The highest BCUT2D eigenvalue weighted by Crippen LogP contribution is 2.19. The van der Waals surface area contributed by atoms with Crippen LogP contribution >= 0.6 is 0 Å². The third-order valence-electron chi connectivity index (χ3n) is 3.10. The summed E-state index contributed by atoms with van der Waals surface area (Å²) in [6.07, 6.45) is 3.35. The number of benzene rings is 1. The number of aromatic nitrogens is 1. The number of nitrogens with zero attached hydrogens (tertiary/aromatic N) is 2. The number of anilines is 2. The molecule has 1 heterocycles. The van der Waals surface area contributed by atoms with E-state index in [0.717, 1.165) is 16.9 Å². The van der Waals surface area contributed by atoms with E-state index in [1.54, 1.807) is 24.3 Å². The van der Waals surface area contributed by atoms with E-state index < -0.39 is 0 Å². The average Bonchev–Trinajstić information content (AvgIpc) is 2.46. The standard InChI is InChI=1S/C15H17N3O/c1-11-10-12(4-5-14(11)16-2)15(19)18(3)13-6-8-17-9-7-13/h4-10,16H,1-3H3. The van der Waals surface area contributed by atoms with Gasteiger partial charge in [0.1, 0.15) is 0 Å². The van der Waals surface area contributed by atoms with E-state index in [1.165, 1.54) is 0 Å². The average molecular weight is 255 g/mol. The SMILES string of the molecule is CNc1ccc(C(=O)N(C)c2ccncc2)cc1C. The van der Waals surface area contributed by atoms with Gasteiger partial charge < -0.3 is 10.2 Å². The zero-order valence-electron chi connectivity index (χ0n) is 11.3. The van der Waals surface area contributed by atoms with Crippen molar-refractivity contribution in [3.05, 3.63) is 53.9 Å². The minimum Gasteiger partial charge on any atom is -0.388 e. The van der Waals surface area contributed by atoms with Crippen LogP contribution in [0.15, 0.2) is 42.7 Å². The van der Waals surface area contributed by atoms with Crippen molar-refractivity contribution in [1.82, 2.24) is 4.98 Å². The maximum atomic E-state index is 12.4. The van der Waals surface area contributed by atoms with Gasteiger partial charge in [0.2, 0.25) is 0 Å². The Morgan fingerprint density at radius 1 is 1.21 bits per heavy atom. The highest BCUT2D eigenvalue weighted by atomic mass is 16.2. The molecule has 0 saturated carbocycles. The molecule has 0 aliphatic carbocycles. The number of amides is 1. The number of pyridine rings is 1. The quantitative estimate of drug-likeness (QED) is 0.917. The third kappa shape index (κ3) is 2.73. The molecule has 1 aromatic carbocycles. The van der Waals surface area contributed by atoms with Gasteiger partial charge >= 0.3 is 0 Å². The largest absolute Gasteiger partial charge is 0.388 e. The second-order valence-corrected chi connectivity index (χ2v) is 4.35. The van der Waals surface area contributed by atoms with E-state index in [-0.39, 0.29) is 5.91 Å². The Labute approximate surface area is 113 Å². The molecule has 0 aliphatic heterocycles. The lowest BCUT2D eigenvalue weighted by Crippen LogP contribution is -2.26. The molecule has 19 heavy (non-hydrogen) atoms. The molecule has 0 unspecified atom stereocenters. The second-order valence-electron chi connectivity index (χ2n) is 4.35. The minimum absolute atomic E-state index is 0.0306. The van der Waals surface area contributed by atoms with Crippen LogP contribution in [-0.2, 0) is 0 Å². The highest BCUT2D eigenvalue weighted by molar-refractivity contribution is 6.06. The first-order valence-corrected chi connectivity index (χ1v) is 6.10. The number of nitrogens with one attached hydrogen (secondary N) is 1. The number of hydrogen-bond acceptors (Lipinski definition) is 3. The van der Waals surface area contributed by atoms with Crippen LogP contribution in [0.5, 0.6) is 0 Å². The summed E-state index contributed by atoms with van der Waals surface area (Å²) in [5.74, 6) is -0.0306. The molecule has 0 spiro atoms. The molecule has 4 heteroatoms. The Hall–Kier alpha value is -2.36. The molecule has 2 aromatic rings. The van der Waals surface area contributed by atoms with Crippen molar-refractivity contribution < 1.29 is 4.79 Å². The Kier molecular flexibility index (Phi) is 3.80. The molecule has 98 valence electrons. The smallest absolute Gasteiger partial charge is 0.258 e. The van der Waals surface area contributed by atoms with Gasteiger partial charge in [-0.1, -0.05) is 0 Å². The van der Waals surface area contributed by atoms with Gasteiger partial charge in [0, 0.05) is 43.4 Å². The number of carbonyl (C=O) groups is 1. The van der Waals surface area contributed by atoms with Crippen molar-refractivity contribution in [2.75, 3.05) is 24.3 Å². The molecule has 4 nitrogen and oxygen atoms in total. The first-order chi connectivity index (χ1) is 9.13. The second kappa shape index (κ2) is 5.52. The third-order valence-corrected chi connectivity index (χ3v) is 3.10. The fourth-order valence-corrected chi connectivity index (χ4v) is 1.96. The first-order valence-electron chi connectivity index (χ1n) is 6.10. The molecular weight excluding hydrogens is 238 g/mol. The molecule has 0 radical (unpaired) electrons. The van der Waals surface area contributed by atoms with Crippen molar-refractivity contribution in [3.8, 4) is 0 Å². The molecule has 1 aromatic heterocycles.